The van der Waals surface area contributed by atoms with Gasteiger partial charge in [-0.15, -0.1) is 0 Å². The van der Waals surface area contributed by atoms with E-state index in [-0.39, 0.29) is 5.92 Å². The number of anilines is 2. The largest absolute Gasteiger partial charge is 0.449 e. The molecule has 6 nitrogen and oxygen atoms in total. The number of hydrogen-bond donors (Lipinski definition) is 1. The molecule has 1 aliphatic heterocycles. The smallest absolute Gasteiger partial charge is 0.411 e. The van der Waals surface area contributed by atoms with Crippen LogP contribution in [0.1, 0.15) is 60.7 Å². The van der Waals surface area contributed by atoms with Gasteiger partial charge in [-0.2, -0.15) is 0 Å². The predicted octanol–water partition coefficient (Wildman–Crippen LogP) is 8.62. The molecule has 1 amide bonds. The molecule has 1 aromatic heterocycles. The van der Waals surface area contributed by atoms with Gasteiger partial charge in [0, 0.05) is 24.7 Å². The number of rotatable bonds is 9. The number of hydrogen-bond acceptors (Lipinski definition) is 4. The van der Waals surface area contributed by atoms with E-state index in [0.717, 1.165) is 43.0 Å². The minimum absolute atomic E-state index is 0.287. The van der Waals surface area contributed by atoms with Crippen molar-refractivity contribution in [3.8, 4) is 0 Å². The fourth-order valence-corrected chi connectivity index (χ4v) is 6.75. The molecule has 0 radical (unpaired) electrons. The minimum atomic E-state index is -0.575. The highest BCUT2D eigenvalue weighted by Crippen LogP contribution is 2.43. The van der Waals surface area contributed by atoms with Crippen LogP contribution in [-0.2, 0) is 10.3 Å². The second-order valence-electron chi connectivity index (χ2n) is 12.3. The maximum atomic E-state index is 12.5. The SMILES string of the molecule is Cc1c(C2CCN(c3ccccc3NC(=O)OCC(C)C)CC2)ncn1C(c1ccccc1)(c1ccccc1)c1ccccc1. The summed E-state index contributed by atoms with van der Waals surface area (Å²) in [6.45, 7) is 8.42. The monoisotopic (exact) mass is 598 g/mol. The van der Waals surface area contributed by atoms with Crippen molar-refractivity contribution in [3.05, 3.63) is 150 Å². The number of nitrogens with one attached hydrogen (secondary N) is 1. The lowest BCUT2D eigenvalue weighted by Gasteiger charge is -2.39. The number of carbonyl (C=O) groups excluding carboxylic acids is 1. The topological polar surface area (TPSA) is 59.4 Å². The van der Waals surface area contributed by atoms with Crippen molar-refractivity contribution in [2.24, 2.45) is 5.92 Å². The van der Waals surface area contributed by atoms with E-state index in [1.807, 2.05) is 38.4 Å². The number of aromatic nitrogens is 2. The normalized spacial score (nSPS) is 14.0. The first kappa shape index (κ1) is 30.2. The molecule has 0 bridgehead atoms. The third kappa shape index (κ3) is 6.10. The molecule has 2 heterocycles. The van der Waals surface area contributed by atoms with Gasteiger partial charge in [0.2, 0.25) is 0 Å². The lowest BCUT2D eigenvalue weighted by Crippen LogP contribution is -2.38. The van der Waals surface area contributed by atoms with Crippen LogP contribution in [0.25, 0.3) is 0 Å². The molecule has 6 rings (SSSR count). The number of imidazole rings is 1. The molecule has 6 heteroatoms. The highest BCUT2D eigenvalue weighted by Gasteiger charge is 2.40. The fourth-order valence-electron chi connectivity index (χ4n) is 6.75. The van der Waals surface area contributed by atoms with Gasteiger partial charge in [0.1, 0.15) is 5.54 Å². The molecule has 0 spiro atoms. The van der Waals surface area contributed by atoms with E-state index in [9.17, 15) is 4.79 Å². The van der Waals surface area contributed by atoms with E-state index in [1.165, 1.54) is 22.4 Å². The van der Waals surface area contributed by atoms with Crippen molar-refractivity contribution in [2.75, 3.05) is 29.9 Å². The van der Waals surface area contributed by atoms with Crippen LogP contribution in [0.2, 0.25) is 0 Å². The Morgan fingerprint density at radius 2 is 1.33 bits per heavy atom. The maximum absolute atomic E-state index is 12.5. The summed E-state index contributed by atoms with van der Waals surface area (Å²) in [6, 6.07) is 40.3. The minimum Gasteiger partial charge on any atom is -0.449 e. The van der Waals surface area contributed by atoms with Crippen molar-refractivity contribution in [3.63, 3.8) is 0 Å². The van der Waals surface area contributed by atoms with Crippen molar-refractivity contribution in [1.29, 1.82) is 0 Å². The summed E-state index contributed by atoms with van der Waals surface area (Å²) in [5.41, 5.74) is 7.15. The average Bonchev–Trinajstić information content (AvgIpc) is 3.47. The van der Waals surface area contributed by atoms with Crippen LogP contribution in [-0.4, -0.2) is 35.3 Å². The Hall–Kier alpha value is -4.84. The molecule has 1 fully saturated rings. The Kier molecular flexibility index (Phi) is 9.01. The zero-order valence-corrected chi connectivity index (χ0v) is 26.4. The van der Waals surface area contributed by atoms with Gasteiger partial charge in [0.25, 0.3) is 0 Å². The van der Waals surface area contributed by atoms with Crippen LogP contribution >= 0.6 is 0 Å². The lowest BCUT2D eigenvalue weighted by atomic mass is 9.76. The van der Waals surface area contributed by atoms with Gasteiger partial charge in [-0.05, 0) is 54.5 Å². The number of carbonyl (C=O) groups is 1. The maximum Gasteiger partial charge on any atom is 0.411 e. The van der Waals surface area contributed by atoms with Gasteiger partial charge >= 0.3 is 6.09 Å². The number of amides is 1. The number of ether oxygens (including phenoxy) is 1. The number of piperidine rings is 1. The van der Waals surface area contributed by atoms with Crippen molar-refractivity contribution in [1.82, 2.24) is 9.55 Å². The molecule has 0 saturated carbocycles. The molecule has 0 unspecified atom stereocenters. The van der Waals surface area contributed by atoms with Gasteiger partial charge in [0.05, 0.1) is 30.0 Å². The zero-order chi connectivity index (χ0) is 31.2. The molecule has 1 saturated heterocycles. The summed E-state index contributed by atoms with van der Waals surface area (Å²) in [7, 11) is 0. The van der Waals surface area contributed by atoms with Gasteiger partial charge < -0.3 is 14.2 Å². The number of benzene rings is 4. The van der Waals surface area contributed by atoms with E-state index in [0.29, 0.717) is 12.5 Å². The first-order valence-corrected chi connectivity index (χ1v) is 16.0. The molecule has 0 aliphatic carbocycles. The second kappa shape index (κ2) is 13.4. The molecular weight excluding hydrogens is 556 g/mol. The summed E-state index contributed by atoms with van der Waals surface area (Å²) in [6.07, 6.45) is 3.58. The Bertz CT molecular complexity index is 1590. The molecule has 1 N–H and O–H groups in total. The Labute approximate surface area is 266 Å². The Morgan fingerprint density at radius 1 is 0.822 bits per heavy atom. The summed E-state index contributed by atoms with van der Waals surface area (Å²) in [5, 5.41) is 2.96. The van der Waals surface area contributed by atoms with E-state index in [2.05, 4.69) is 119 Å². The van der Waals surface area contributed by atoms with Crippen molar-refractivity contribution >= 4 is 17.5 Å². The van der Waals surface area contributed by atoms with Crippen LogP contribution in [0.3, 0.4) is 0 Å². The highest BCUT2D eigenvalue weighted by atomic mass is 16.5. The van der Waals surface area contributed by atoms with Crippen molar-refractivity contribution in [2.45, 2.75) is 45.1 Å². The Balaban J connectivity index is 1.30. The summed E-state index contributed by atoms with van der Waals surface area (Å²) in [4.78, 5) is 20.0. The lowest BCUT2D eigenvalue weighted by molar-refractivity contribution is 0.147. The van der Waals surface area contributed by atoms with Gasteiger partial charge in [-0.25, -0.2) is 9.78 Å². The van der Waals surface area contributed by atoms with E-state index < -0.39 is 11.6 Å². The number of para-hydroxylation sites is 2. The van der Waals surface area contributed by atoms with Gasteiger partial charge in [-0.3, -0.25) is 5.32 Å². The van der Waals surface area contributed by atoms with E-state index >= 15 is 0 Å². The highest BCUT2D eigenvalue weighted by molar-refractivity contribution is 5.89. The second-order valence-corrected chi connectivity index (χ2v) is 12.3. The first-order chi connectivity index (χ1) is 22.0. The third-order valence-electron chi connectivity index (χ3n) is 8.89. The van der Waals surface area contributed by atoms with Crippen LogP contribution in [0, 0.1) is 12.8 Å². The molecule has 45 heavy (non-hydrogen) atoms. The van der Waals surface area contributed by atoms with E-state index in [1.54, 1.807) is 0 Å². The summed E-state index contributed by atoms with van der Waals surface area (Å²) in [5.74, 6) is 0.619. The van der Waals surface area contributed by atoms with Gasteiger partial charge in [-0.1, -0.05) is 117 Å². The molecular formula is C39H42N4O2. The summed E-state index contributed by atoms with van der Waals surface area (Å²) < 4.78 is 7.77. The molecule has 4 aromatic carbocycles. The van der Waals surface area contributed by atoms with Crippen molar-refractivity contribution < 1.29 is 9.53 Å². The first-order valence-electron chi connectivity index (χ1n) is 16.0. The van der Waals surface area contributed by atoms with Crippen LogP contribution in [0.5, 0.6) is 0 Å². The predicted molar refractivity (Wildman–Crippen MR) is 182 cm³/mol. The number of nitrogens with zero attached hydrogens (tertiary/aromatic N) is 3. The molecule has 1 aliphatic rings. The van der Waals surface area contributed by atoms with Crippen LogP contribution in [0.4, 0.5) is 16.2 Å². The molecule has 5 aromatic rings. The molecule has 0 atom stereocenters. The van der Waals surface area contributed by atoms with Crippen LogP contribution in [0.15, 0.2) is 122 Å². The molecule has 230 valence electrons. The van der Waals surface area contributed by atoms with E-state index in [4.69, 9.17) is 9.72 Å². The fraction of sp³-hybridized carbons (Fsp3) is 0.282. The Morgan fingerprint density at radius 3 is 1.87 bits per heavy atom. The van der Waals surface area contributed by atoms with Gasteiger partial charge in [0.15, 0.2) is 0 Å². The third-order valence-corrected chi connectivity index (χ3v) is 8.89. The van der Waals surface area contributed by atoms with Crippen LogP contribution < -0.4 is 10.2 Å². The standard InChI is InChI=1S/C39H42N4O2/c1-29(2)27-45-38(44)41-35-21-13-14-22-36(35)42-25-23-31(24-26-42)37-30(3)43(28-40-37)39(32-15-7-4-8-16-32,33-17-9-5-10-18-33)34-19-11-6-12-20-34/h4-22,28-29,31H,23-27H2,1-3H3,(H,41,44). The summed E-state index contributed by atoms with van der Waals surface area (Å²) >= 11 is 0. The quantitative estimate of drug-likeness (QED) is 0.173. The zero-order valence-electron chi connectivity index (χ0n) is 26.4. The average molecular weight is 599 g/mol.